The minimum Gasteiger partial charge on any atom is -0.395 e. The van der Waals surface area contributed by atoms with Crippen molar-refractivity contribution in [3.8, 4) is 0 Å². The van der Waals surface area contributed by atoms with Crippen molar-refractivity contribution < 1.29 is 24.5 Å². The molecule has 0 aromatic heterocycles. The van der Waals surface area contributed by atoms with Crippen LogP contribution < -0.4 is 4.90 Å². The number of hydrogen-bond acceptors (Lipinski definition) is 5. The number of carbonyl (C=O) groups is 2. The summed E-state index contributed by atoms with van der Waals surface area (Å²) in [5.41, 5.74) is 0.965. The molecule has 7 nitrogen and oxygen atoms in total. The number of nitrogens with zero attached hydrogens (tertiary/aromatic N) is 2. The van der Waals surface area contributed by atoms with Gasteiger partial charge in [-0.05, 0) is 100 Å². The molecular weight excluding hydrogens is 758 g/mol. The number of carbonyl (C=O) groups excluding carboxylic acids is 2. The second-order valence-corrected chi connectivity index (χ2v) is 14.3. The van der Waals surface area contributed by atoms with Crippen molar-refractivity contribution >= 4 is 62.7 Å². The topological polar surface area (TPSA) is 90.3 Å². The minimum atomic E-state index is -1.34. The molecule has 0 aliphatic carbocycles. The number of anilines is 1. The van der Waals surface area contributed by atoms with Gasteiger partial charge in [0.1, 0.15) is 0 Å². The maximum atomic E-state index is 14.5. The number of amides is 2. The summed E-state index contributed by atoms with van der Waals surface area (Å²) in [6.45, 7) is 6.15. The van der Waals surface area contributed by atoms with Gasteiger partial charge in [-0.25, -0.2) is 0 Å². The lowest BCUT2D eigenvalue weighted by Crippen LogP contribution is -2.46. The summed E-state index contributed by atoms with van der Waals surface area (Å²) < 4.78 is 8.92. The Balaban J connectivity index is 1.50. The van der Waals surface area contributed by atoms with Gasteiger partial charge < -0.3 is 24.7 Å². The molecule has 3 aromatic carbocycles. The van der Waals surface area contributed by atoms with Crippen LogP contribution in [0, 0.1) is 19.0 Å². The van der Waals surface area contributed by atoms with E-state index in [0.717, 1.165) is 29.5 Å². The molecule has 4 atom stereocenters. The van der Waals surface area contributed by atoms with Gasteiger partial charge in [0.15, 0.2) is 5.60 Å². The average Bonchev–Trinajstić information content (AvgIpc) is 3.36. The molecule has 1 fully saturated rings. The first-order valence-corrected chi connectivity index (χ1v) is 16.3. The van der Waals surface area contributed by atoms with Crippen LogP contribution in [0.3, 0.4) is 0 Å². The Hall–Kier alpha value is -2.06. The zero-order valence-electron chi connectivity index (χ0n) is 24.0. The quantitative estimate of drug-likeness (QED) is 0.281. The monoisotopic (exact) mass is 794 g/mol. The summed E-state index contributed by atoms with van der Waals surface area (Å²) in [4.78, 5) is 31.7. The number of hydrogen-bond donors (Lipinski definition) is 2. The molecule has 9 heteroatoms. The maximum absolute atomic E-state index is 14.5. The Morgan fingerprint density at radius 1 is 1.02 bits per heavy atom. The van der Waals surface area contributed by atoms with Gasteiger partial charge in [0.2, 0.25) is 5.91 Å². The lowest BCUT2D eigenvalue weighted by atomic mass is 9.71. The van der Waals surface area contributed by atoms with Crippen molar-refractivity contribution in [2.75, 3.05) is 18.1 Å². The Bertz CT molecular complexity index is 1440. The van der Waals surface area contributed by atoms with E-state index in [1.54, 1.807) is 23.6 Å². The molecule has 222 valence electrons. The Labute approximate surface area is 274 Å². The van der Waals surface area contributed by atoms with E-state index in [0.29, 0.717) is 13.1 Å². The average molecular weight is 794 g/mol. The van der Waals surface area contributed by atoms with E-state index in [-0.39, 0.29) is 31.4 Å². The molecule has 2 amide bonds. The van der Waals surface area contributed by atoms with Crippen molar-refractivity contribution in [2.45, 2.75) is 57.6 Å². The SMILES string of the molecule is C[C@H]1[C@H](C(C)(C)O)[C@@H](CC(=O)N(CCO)Cc2ccccc2)O[C@]12C(=O)N(Cc1ccc(I)cc1)c1ccc(I)cc12. The Morgan fingerprint density at radius 2 is 1.69 bits per heavy atom. The van der Waals surface area contributed by atoms with Gasteiger partial charge in [0.25, 0.3) is 5.91 Å². The maximum Gasteiger partial charge on any atom is 0.264 e. The van der Waals surface area contributed by atoms with Crippen LogP contribution in [0.1, 0.15) is 43.9 Å². The summed E-state index contributed by atoms with van der Waals surface area (Å²) in [5, 5.41) is 21.2. The highest BCUT2D eigenvalue weighted by atomic mass is 127. The molecule has 0 bridgehead atoms. The number of benzene rings is 3. The van der Waals surface area contributed by atoms with Gasteiger partial charge in [-0.3, -0.25) is 9.59 Å². The van der Waals surface area contributed by atoms with E-state index < -0.39 is 29.1 Å². The van der Waals surface area contributed by atoms with E-state index in [2.05, 4.69) is 45.2 Å². The number of aliphatic hydroxyl groups is 2. The molecule has 2 heterocycles. The van der Waals surface area contributed by atoms with Crippen LogP contribution in [0.25, 0.3) is 0 Å². The summed E-state index contributed by atoms with van der Waals surface area (Å²) in [7, 11) is 0. The summed E-state index contributed by atoms with van der Waals surface area (Å²) >= 11 is 4.51. The number of rotatable bonds is 9. The van der Waals surface area contributed by atoms with Crippen LogP contribution in [-0.4, -0.2) is 51.8 Å². The highest BCUT2D eigenvalue weighted by Gasteiger charge is 2.66. The van der Waals surface area contributed by atoms with Crippen LogP contribution >= 0.6 is 45.2 Å². The molecule has 1 saturated heterocycles. The number of aliphatic hydroxyl groups excluding tert-OH is 1. The van der Waals surface area contributed by atoms with Crippen molar-refractivity contribution in [2.24, 2.45) is 11.8 Å². The van der Waals surface area contributed by atoms with Crippen LogP contribution in [0.5, 0.6) is 0 Å². The Kier molecular flexibility index (Phi) is 9.34. The predicted molar refractivity (Wildman–Crippen MR) is 179 cm³/mol. The fraction of sp³-hybridized carbons (Fsp3) is 0.394. The van der Waals surface area contributed by atoms with E-state index in [4.69, 9.17) is 4.74 Å². The third-order valence-corrected chi connectivity index (χ3v) is 9.90. The predicted octanol–water partition coefficient (Wildman–Crippen LogP) is 5.47. The number of ether oxygens (including phenoxy) is 1. The van der Waals surface area contributed by atoms with Crippen molar-refractivity contribution in [3.63, 3.8) is 0 Å². The fourth-order valence-corrected chi connectivity index (χ4v) is 7.55. The molecule has 1 spiro atoms. The second kappa shape index (κ2) is 12.5. The molecule has 0 saturated carbocycles. The van der Waals surface area contributed by atoms with Crippen molar-refractivity contribution in [1.29, 1.82) is 0 Å². The summed E-state index contributed by atoms with van der Waals surface area (Å²) in [6.07, 6.45) is -0.727. The van der Waals surface area contributed by atoms with Gasteiger partial charge in [-0.15, -0.1) is 0 Å². The van der Waals surface area contributed by atoms with Gasteiger partial charge in [0.05, 0.1) is 37.0 Å². The second-order valence-electron chi connectivity index (χ2n) is 11.8. The van der Waals surface area contributed by atoms with E-state index >= 15 is 0 Å². The highest BCUT2D eigenvalue weighted by Crippen LogP contribution is 2.58. The molecule has 3 aromatic rings. The molecule has 2 aliphatic heterocycles. The zero-order valence-corrected chi connectivity index (χ0v) is 28.3. The fourth-order valence-electron chi connectivity index (χ4n) is 6.70. The number of halogens is 2. The van der Waals surface area contributed by atoms with Gasteiger partial charge in [0, 0.05) is 37.6 Å². The Morgan fingerprint density at radius 3 is 2.33 bits per heavy atom. The minimum absolute atomic E-state index is 0.0166. The van der Waals surface area contributed by atoms with Crippen LogP contribution in [-0.2, 0) is 33.0 Å². The molecule has 0 unspecified atom stereocenters. The smallest absolute Gasteiger partial charge is 0.264 e. The first kappa shape index (κ1) is 31.4. The third-order valence-electron chi connectivity index (χ3n) is 8.51. The number of fused-ring (bicyclic) bond motifs is 2. The summed E-state index contributed by atoms with van der Waals surface area (Å²) in [6, 6.07) is 23.7. The van der Waals surface area contributed by atoms with Crippen LogP contribution in [0.15, 0.2) is 72.8 Å². The van der Waals surface area contributed by atoms with E-state index in [9.17, 15) is 19.8 Å². The molecule has 2 aliphatic rings. The molecular formula is C33H36I2N2O5. The van der Waals surface area contributed by atoms with Crippen molar-refractivity contribution in [1.82, 2.24) is 4.90 Å². The molecule has 0 radical (unpaired) electrons. The summed E-state index contributed by atoms with van der Waals surface area (Å²) in [5.74, 6) is -1.28. The van der Waals surface area contributed by atoms with Crippen molar-refractivity contribution in [3.05, 3.63) is 96.6 Å². The highest BCUT2D eigenvalue weighted by molar-refractivity contribution is 14.1. The largest absolute Gasteiger partial charge is 0.395 e. The lowest BCUT2D eigenvalue weighted by molar-refractivity contribution is -0.150. The van der Waals surface area contributed by atoms with Gasteiger partial charge in [-0.2, -0.15) is 0 Å². The first-order valence-electron chi connectivity index (χ1n) is 14.1. The molecule has 5 rings (SSSR count). The van der Waals surface area contributed by atoms with E-state index in [1.807, 2.05) is 79.7 Å². The molecule has 42 heavy (non-hydrogen) atoms. The van der Waals surface area contributed by atoms with Crippen LogP contribution in [0.4, 0.5) is 5.69 Å². The van der Waals surface area contributed by atoms with Gasteiger partial charge >= 0.3 is 0 Å². The normalized spacial score (nSPS) is 23.5. The lowest BCUT2D eigenvalue weighted by Gasteiger charge is -2.34. The zero-order chi connectivity index (χ0) is 30.2. The van der Waals surface area contributed by atoms with Crippen LogP contribution in [0.2, 0.25) is 0 Å². The molecule has 2 N–H and O–H groups in total. The van der Waals surface area contributed by atoms with E-state index in [1.165, 1.54) is 0 Å². The third kappa shape index (κ3) is 5.99. The first-order chi connectivity index (χ1) is 20.0. The standard InChI is InChI=1S/C33H36I2N2O5/c1-21-30(32(2,3)41)28(18-29(39)36(15-16-38)19-22-7-5-4-6-8-22)42-33(21)26-17-25(35)13-14-27(26)37(31(33)40)20-23-9-11-24(34)12-10-23/h4-14,17,21,28,30,38,41H,15-16,18-20H2,1-3H3/t21-,28+,30-,33+/m0/s1. The van der Waals surface area contributed by atoms with Gasteiger partial charge in [-0.1, -0.05) is 49.4 Å².